The van der Waals surface area contributed by atoms with Gasteiger partial charge in [0, 0.05) is 34.1 Å². The van der Waals surface area contributed by atoms with E-state index >= 15 is 0 Å². The zero-order valence-corrected chi connectivity index (χ0v) is 14.9. The third kappa shape index (κ3) is 4.22. The second-order valence-electron chi connectivity index (χ2n) is 5.26. The highest BCUT2D eigenvalue weighted by Crippen LogP contribution is 2.15. The van der Waals surface area contributed by atoms with Crippen molar-refractivity contribution in [2.75, 3.05) is 10.6 Å². The lowest BCUT2D eigenvalue weighted by atomic mass is 10.2. The van der Waals surface area contributed by atoms with Crippen LogP contribution in [0.1, 0.15) is 20.8 Å². The largest absolute Gasteiger partial charge is 0.618 e. The Labute approximate surface area is 157 Å². The van der Waals surface area contributed by atoms with Crippen LogP contribution in [0.3, 0.4) is 0 Å². The topological polar surface area (TPSA) is 98.0 Å². The standard InChI is InChI=1S/C18H13BrN4O3/c19-13-7-8-16(20-11-13)22-17(24)12-4-3-5-14(10-12)21-18(25)15-6-1-2-9-23(15)26/h1-11H,(H,21,25)(H,20,22,24). The van der Waals surface area contributed by atoms with E-state index in [-0.39, 0.29) is 11.6 Å². The van der Waals surface area contributed by atoms with Crippen molar-refractivity contribution in [2.24, 2.45) is 0 Å². The minimum atomic E-state index is -0.562. The molecular weight excluding hydrogens is 400 g/mol. The third-order valence-corrected chi connectivity index (χ3v) is 3.88. The van der Waals surface area contributed by atoms with Gasteiger partial charge in [-0.3, -0.25) is 9.59 Å². The zero-order chi connectivity index (χ0) is 18.5. The first kappa shape index (κ1) is 17.6. The monoisotopic (exact) mass is 412 g/mol. The van der Waals surface area contributed by atoms with E-state index in [1.54, 1.807) is 42.6 Å². The highest BCUT2D eigenvalue weighted by Gasteiger charge is 2.16. The summed E-state index contributed by atoms with van der Waals surface area (Å²) in [6.45, 7) is 0. The van der Waals surface area contributed by atoms with Crippen LogP contribution in [-0.4, -0.2) is 16.8 Å². The van der Waals surface area contributed by atoms with E-state index in [0.29, 0.717) is 21.8 Å². The molecule has 0 fully saturated rings. The molecule has 2 aromatic heterocycles. The van der Waals surface area contributed by atoms with Crippen molar-refractivity contribution in [1.29, 1.82) is 0 Å². The van der Waals surface area contributed by atoms with Crippen molar-refractivity contribution >= 4 is 39.2 Å². The minimum absolute atomic E-state index is 0.0404. The molecule has 7 nitrogen and oxygen atoms in total. The molecule has 26 heavy (non-hydrogen) atoms. The fraction of sp³-hybridized carbons (Fsp3) is 0. The van der Waals surface area contributed by atoms with Gasteiger partial charge in [0.25, 0.3) is 11.6 Å². The Balaban J connectivity index is 1.73. The van der Waals surface area contributed by atoms with Gasteiger partial charge in [0.05, 0.1) is 0 Å². The number of hydrogen-bond donors (Lipinski definition) is 2. The van der Waals surface area contributed by atoms with Crippen molar-refractivity contribution < 1.29 is 14.3 Å². The molecule has 1 aromatic carbocycles. The second-order valence-corrected chi connectivity index (χ2v) is 6.18. The van der Waals surface area contributed by atoms with Gasteiger partial charge in [-0.25, -0.2) is 4.98 Å². The summed E-state index contributed by atoms with van der Waals surface area (Å²) >= 11 is 3.27. The number of hydrogen-bond acceptors (Lipinski definition) is 4. The number of anilines is 2. The molecule has 3 rings (SSSR count). The Morgan fingerprint density at radius 1 is 1.00 bits per heavy atom. The summed E-state index contributed by atoms with van der Waals surface area (Å²) in [5, 5.41) is 16.9. The van der Waals surface area contributed by atoms with Crippen LogP contribution in [0.25, 0.3) is 0 Å². The lowest BCUT2D eigenvalue weighted by Gasteiger charge is -2.08. The van der Waals surface area contributed by atoms with Crippen LogP contribution in [0.15, 0.2) is 71.5 Å². The molecule has 0 aliphatic carbocycles. The molecule has 0 saturated heterocycles. The van der Waals surface area contributed by atoms with Gasteiger partial charge in [0.2, 0.25) is 0 Å². The number of nitrogens with zero attached hydrogens (tertiary/aromatic N) is 2. The van der Waals surface area contributed by atoms with E-state index in [1.165, 1.54) is 24.4 Å². The average Bonchev–Trinajstić information content (AvgIpc) is 2.64. The highest BCUT2D eigenvalue weighted by atomic mass is 79.9. The van der Waals surface area contributed by atoms with Crippen molar-refractivity contribution in [3.63, 3.8) is 0 Å². The van der Waals surface area contributed by atoms with Crippen molar-refractivity contribution in [3.05, 3.63) is 87.9 Å². The molecule has 0 spiro atoms. The van der Waals surface area contributed by atoms with E-state index in [0.717, 1.165) is 4.47 Å². The van der Waals surface area contributed by atoms with Gasteiger partial charge >= 0.3 is 5.91 Å². The van der Waals surface area contributed by atoms with E-state index in [9.17, 15) is 14.8 Å². The maximum Gasteiger partial charge on any atom is 0.321 e. The molecule has 3 aromatic rings. The SMILES string of the molecule is O=C(Nc1ccc(Br)cn1)c1cccc(NC(=O)c2cccc[n+]2[O-])c1. The summed E-state index contributed by atoms with van der Waals surface area (Å²) in [6, 6.07) is 14.4. The Bertz CT molecular complexity index is 961. The first-order chi connectivity index (χ1) is 12.5. The first-order valence-corrected chi connectivity index (χ1v) is 8.35. The second kappa shape index (κ2) is 7.75. The lowest BCUT2D eigenvalue weighted by molar-refractivity contribution is -0.607. The van der Waals surface area contributed by atoms with Crippen molar-refractivity contribution in [2.45, 2.75) is 0 Å². The molecule has 8 heteroatoms. The maximum atomic E-state index is 12.3. The molecule has 2 amide bonds. The summed E-state index contributed by atoms with van der Waals surface area (Å²) in [7, 11) is 0. The number of carbonyl (C=O) groups is 2. The van der Waals surface area contributed by atoms with Crippen LogP contribution < -0.4 is 15.4 Å². The number of nitrogens with one attached hydrogen (secondary N) is 2. The summed E-state index contributed by atoms with van der Waals surface area (Å²) in [5.41, 5.74) is 0.701. The van der Waals surface area contributed by atoms with E-state index in [2.05, 4.69) is 31.5 Å². The summed E-state index contributed by atoms with van der Waals surface area (Å²) in [5.74, 6) is -0.522. The smallest absolute Gasteiger partial charge is 0.321 e. The quantitative estimate of drug-likeness (QED) is 0.508. The van der Waals surface area contributed by atoms with E-state index < -0.39 is 5.91 Å². The average molecular weight is 413 g/mol. The lowest BCUT2D eigenvalue weighted by Crippen LogP contribution is -2.36. The number of amides is 2. The first-order valence-electron chi connectivity index (χ1n) is 7.55. The van der Waals surface area contributed by atoms with Crippen LogP contribution in [0, 0.1) is 5.21 Å². The molecule has 0 atom stereocenters. The van der Waals surface area contributed by atoms with Crippen LogP contribution >= 0.6 is 15.9 Å². The minimum Gasteiger partial charge on any atom is -0.618 e. The van der Waals surface area contributed by atoms with Gasteiger partial charge in [-0.05, 0) is 52.3 Å². The number of rotatable bonds is 4. The molecule has 0 bridgehead atoms. The van der Waals surface area contributed by atoms with Crippen LogP contribution in [0.5, 0.6) is 0 Å². The van der Waals surface area contributed by atoms with Gasteiger partial charge in [-0.2, -0.15) is 4.73 Å². The van der Waals surface area contributed by atoms with Gasteiger partial charge in [-0.1, -0.05) is 6.07 Å². The van der Waals surface area contributed by atoms with Gasteiger partial charge < -0.3 is 15.8 Å². The van der Waals surface area contributed by atoms with Gasteiger partial charge in [0.15, 0.2) is 6.20 Å². The number of benzene rings is 1. The molecule has 0 radical (unpaired) electrons. The molecule has 130 valence electrons. The predicted octanol–water partition coefficient (Wildman–Crippen LogP) is 2.98. The number of carbonyl (C=O) groups excluding carboxylic acids is 2. The number of pyridine rings is 2. The predicted molar refractivity (Wildman–Crippen MR) is 99.7 cm³/mol. The molecule has 0 aliphatic rings. The molecular formula is C18H13BrN4O3. The fourth-order valence-corrected chi connectivity index (χ4v) is 2.41. The van der Waals surface area contributed by atoms with Crippen molar-refractivity contribution in [1.82, 2.24) is 4.98 Å². The van der Waals surface area contributed by atoms with Crippen LogP contribution in [0.4, 0.5) is 11.5 Å². The third-order valence-electron chi connectivity index (χ3n) is 3.41. The maximum absolute atomic E-state index is 12.3. The Kier molecular flexibility index (Phi) is 5.23. The zero-order valence-electron chi connectivity index (χ0n) is 13.3. The van der Waals surface area contributed by atoms with Crippen LogP contribution in [-0.2, 0) is 0 Å². The van der Waals surface area contributed by atoms with E-state index in [1.807, 2.05) is 0 Å². The Morgan fingerprint density at radius 2 is 1.85 bits per heavy atom. The summed E-state index contributed by atoms with van der Waals surface area (Å²) in [4.78, 5) is 28.6. The van der Waals surface area contributed by atoms with Gasteiger partial charge in [0.1, 0.15) is 5.82 Å². The molecule has 0 saturated carbocycles. The number of halogens is 1. The Hall–Kier alpha value is -3.26. The highest BCUT2D eigenvalue weighted by molar-refractivity contribution is 9.10. The number of aromatic nitrogens is 2. The summed E-state index contributed by atoms with van der Waals surface area (Å²) < 4.78 is 1.28. The van der Waals surface area contributed by atoms with Crippen molar-refractivity contribution in [3.8, 4) is 0 Å². The molecule has 0 unspecified atom stereocenters. The van der Waals surface area contributed by atoms with Crippen LogP contribution in [0.2, 0.25) is 0 Å². The molecule has 0 aliphatic heterocycles. The molecule has 2 heterocycles. The van der Waals surface area contributed by atoms with Gasteiger partial charge in [-0.15, -0.1) is 0 Å². The normalized spacial score (nSPS) is 10.2. The Morgan fingerprint density at radius 3 is 2.58 bits per heavy atom. The molecule has 2 N–H and O–H groups in total. The fourth-order valence-electron chi connectivity index (χ4n) is 2.18. The summed E-state index contributed by atoms with van der Waals surface area (Å²) in [6.07, 6.45) is 2.81. The van der Waals surface area contributed by atoms with E-state index in [4.69, 9.17) is 0 Å².